The molecular formula is C20H19NO. The van der Waals surface area contributed by atoms with Crippen molar-refractivity contribution in [1.29, 1.82) is 0 Å². The smallest absolute Gasteiger partial charge is 0.170 e. The summed E-state index contributed by atoms with van der Waals surface area (Å²) in [7, 11) is 0. The predicted octanol–water partition coefficient (Wildman–Crippen LogP) is 3.83. The molecule has 1 atom stereocenters. The van der Waals surface area contributed by atoms with Gasteiger partial charge in [0.25, 0.3) is 0 Å². The van der Waals surface area contributed by atoms with Gasteiger partial charge in [-0.05, 0) is 52.3 Å². The Kier molecular flexibility index (Phi) is 2.48. The second-order valence-electron chi connectivity index (χ2n) is 7.06. The fourth-order valence-corrected chi connectivity index (χ4v) is 4.29. The van der Waals surface area contributed by atoms with Crippen LogP contribution in [0.15, 0.2) is 48.5 Å². The maximum atomic E-state index is 13.0. The van der Waals surface area contributed by atoms with Crippen molar-refractivity contribution in [3.8, 4) is 0 Å². The van der Waals surface area contributed by atoms with Gasteiger partial charge in [-0.15, -0.1) is 0 Å². The largest absolute Gasteiger partial charge is 0.399 e. The van der Waals surface area contributed by atoms with Gasteiger partial charge < -0.3 is 5.73 Å². The number of hydrogen-bond acceptors (Lipinski definition) is 2. The molecule has 0 saturated heterocycles. The number of hydrogen-bond donors (Lipinski definition) is 1. The van der Waals surface area contributed by atoms with Crippen LogP contribution in [0.25, 0.3) is 6.08 Å². The van der Waals surface area contributed by atoms with Gasteiger partial charge in [-0.1, -0.05) is 50.3 Å². The van der Waals surface area contributed by atoms with Crippen LogP contribution in [-0.2, 0) is 15.6 Å². The fraction of sp³-hybridized carbons (Fsp3) is 0.250. The Balaban J connectivity index is 2.10. The first-order chi connectivity index (χ1) is 10.4. The summed E-state index contributed by atoms with van der Waals surface area (Å²) in [6.07, 6.45) is 4.45. The van der Waals surface area contributed by atoms with E-state index in [1.54, 1.807) is 6.08 Å². The summed E-state index contributed by atoms with van der Waals surface area (Å²) in [4.78, 5) is 13.0. The Morgan fingerprint density at radius 1 is 0.955 bits per heavy atom. The lowest BCUT2D eigenvalue weighted by molar-refractivity contribution is -0.118. The Morgan fingerprint density at radius 3 is 2.55 bits per heavy atom. The average Bonchev–Trinajstić information content (AvgIpc) is 2.72. The number of nitrogens with two attached hydrogens (primary N) is 1. The van der Waals surface area contributed by atoms with E-state index in [1.807, 2.05) is 30.3 Å². The van der Waals surface area contributed by atoms with Crippen LogP contribution in [0, 0.1) is 0 Å². The molecule has 0 amide bonds. The summed E-state index contributed by atoms with van der Waals surface area (Å²) in [5.74, 6) is 0.170. The van der Waals surface area contributed by atoms with E-state index in [-0.39, 0.29) is 11.2 Å². The van der Waals surface area contributed by atoms with Crippen LogP contribution in [0.1, 0.15) is 42.5 Å². The predicted molar refractivity (Wildman–Crippen MR) is 89.8 cm³/mol. The van der Waals surface area contributed by atoms with Gasteiger partial charge in [-0.3, -0.25) is 4.79 Å². The van der Waals surface area contributed by atoms with E-state index in [9.17, 15) is 4.79 Å². The van der Waals surface area contributed by atoms with Crippen molar-refractivity contribution in [2.45, 2.75) is 31.1 Å². The number of anilines is 1. The molecule has 1 unspecified atom stereocenters. The Hall–Kier alpha value is -2.35. The maximum Gasteiger partial charge on any atom is 0.170 e. The molecule has 2 aromatic carbocycles. The number of rotatable bonds is 0. The van der Waals surface area contributed by atoms with Crippen molar-refractivity contribution in [3.63, 3.8) is 0 Å². The molecule has 2 N–H and O–H groups in total. The number of carbonyl (C=O) groups is 1. The number of allylic oxidation sites excluding steroid dienone is 1. The molecule has 0 fully saturated rings. The first kappa shape index (κ1) is 13.3. The van der Waals surface area contributed by atoms with Gasteiger partial charge >= 0.3 is 0 Å². The lowest BCUT2D eigenvalue weighted by Crippen LogP contribution is -2.37. The van der Waals surface area contributed by atoms with Gasteiger partial charge in [0.1, 0.15) is 0 Å². The molecule has 0 heterocycles. The number of carbonyl (C=O) groups excluding carboxylic acids is 1. The fourth-order valence-electron chi connectivity index (χ4n) is 4.29. The molecule has 0 bridgehead atoms. The number of fused-ring (bicyclic) bond motifs is 4. The molecule has 110 valence electrons. The second-order valence-corrected chi connectivity index (χ2v) is 7.06. The lowest BCUT2D eigenvalue weighted by Gasteiger charge is -2.34. The molecule has 4 rings (SSSR count). The highest BCUT2D eigenvalue weighted by Gasteiger charge is 2.54. The minimum absolute atomic E-state index is 0.0447. The van der Waals surface area contributed by atoms with E-state index in [1.165, 1.54) is 5.56 Å². The number of benzene rings is 2. The third-order valence-electron chi connectivity index (χ3n) is 5.20. The van der Waals surface area contributed by atoms with Crippen LogP contribution in [0.5, 0.6) is 0 Å². The highest BCUT2D eigenvalue weighted by atomic mass is 16.1. The van der Waals surface area contributed by atoms with Crippen molar-refractivity contribution in [2.24, 2.45) is 0 Å². The van der Waals surface area contributed by atoms with Crippen molar-refractivity contribution >= 4 is 17.5 Å². The zero-order chi connectivity index (χ0) is 15.5. The summed E-state index contributed by atoms with van der Waals surface area (Å²) in [5.41, 5.74) is 10.7. The van der Waals surface area contributed by atoms with Crippen LogP contribution in [0.2, 0.25) is 0 Å². The minimum Gasteiger partial charge on any atom is -0.399 e. The molecule has 0 saturated carbocycles. The first-order valence-electron chi connectivity index (χ1n) is 7.68. The Bertz CT molecular complexity index is 831. The molecule has 2 aliphatic carbocycles. The van der Waals surface area contributed by atoms with Crippen LogP contribution >= 0.6 is 0 Å². The molecule has 2 aromatic rings. The van der Waals surface area contributed by atoms with Crippen LogP contribution in [0.3, 0.4) is 0 Å². The minimum atomic E-state index is -0.584. The van der Waals surface area contributed by atoms with Crippen LogP contribution in [0.4, 0.5) is 5.69 Å². The van der Waals surface area contributed by atoms with Gasteiger partial charge in [0.05, 0.1) is 5.41 Å². The number of ketones is 1. The van der Waals surface area contributed by atoms with Crippen LogP contribution in [-0.4, -0.2) is 5.78 Å². The summed E-state index contributed by atoms with van der Waals surface area (Å²) in [6.45, 7) is 4.43. The second kappa shape index (κ2) is 4.10. The van der Waals surface area contributed by atoms with E-state index < -0.39 is 5.41 Å². The highest BCUT2D eigenvalue weighted by molar-refractivity contribution is 6.08. The van der Waals surface area contributed by atoms with E-state index in [0.29, 0.717) is 0 Å². The molecule has 0 radical (unpaired) electrons. The van der Waals surface area contributed by atoms with Gasteiger partial charge in [-0.25, -0.2) is 0 Å². The van der Waals surface area contributed by atoms with Gasteiger partial charge in [0.2, 0.25) is 0 Å². The Labute approximate surface area is 130 Å². The van der Waals surface area contributed by atoms with E-state index in [4.69, 9.17) is 5.73 Å². The van der Waals surface area contributed by atoms with Gasteiger partial charge in [-0.2, -0.15) is 0 Å². The highest BCUT2D eigenvalue weighted by Crippen LogP contribution is 2.55. The molecular weight excluding hydrogens is 270 g/mol. The standard InChI is InChI=1S/C20H19NO/c1-19(2)12-20(17-11-14(21)8-9-16(17)19)15-6-4-3-5-13(15)7-10-18(20)22/h3-11H,12,21H2,1-2H3. The molecule has 2 nitrogen and oxygen atoms in total. The SMILES string of the molecule is CC1(C)CC2(C(=O)C=Cc3ccccc32)c2cc(N)ccc21. The normalized spacial score (nSPS) is 24.4. The monoisotopic (exact) mass is 289 g/mol. The summed E-state index contributed by atoms with van der Waals surface area (Å²) < 4.78 is 0. The van der Waals surface area contributed by atoms with E-state index in [2.05, 4.69) is 32.0 Å². The molecule has 22 heavy (non-hydrogen) atoms. The van der Waals surface area contributed by atoms with Crippen molar-refractivity contribution in [1.82, 2.24) is 0 Å². The molecule has 2 aliphatic rings. The first-order valence-corrected chi connectivity index (χ1v) is 7.68. The number of nitrogen functional groups attached to an aromatic ring is 1. The molecule has 0 aliphatic heterocycles. The zero-order valence-electron chi connectivity index (χ0n) is 12.9. The quantitative estimate of drug-likeness (QED) is 0.749. The third-order valence-corrected chi connectivity index (χ3v) is 5.20. The van der Waals surface area contributed by atoms with E-state index in [0.717, 1.165) is 28.8 Å². The molecule has 0 aromatic heterocycles. The topological polar surface area (TPSA) is 43.1 Å². The van der Waals surface area contributed by atoms with E-state index >= 15 is 0 Å². The lowest BCUT2D eigenvalue weighted by atomic mass is 9.66. The van der Waals surface area contributed by atoms with Crippen LogP contribution < -0.4 is 5.73 Å². The Morgan fingerprint density at radius 2 is 1.73 bits per heavy atom. The molecule has 1 spiro atoms. The summed E-state index contributed by atoms with van der Waals surface area (Å²) >= 11 is 0. The average molecular weight is 289 g/mol. The third kappa shape index (κ3) is 1.52. The molecule has 2 heteroatoms. The van der Waals surface area contributed by atoms with Crippen molar-refractivity contribution < 1.29 is 4.79 Å². The zero-order valence-corrected chi connectivity index (χ0v) is 12.9. The van der Waals surface area contributed by atoms with Gasteiger partial charge in [0.15, 0.2) is 5.78 Å². The van der Waals surface area contributed by atoms with Crippen molar-refractivity contribution in [3.05, 3.63) is 70.8 Å². The maximum absolute atomic E-state index is 13.0. The van der Waals surface area contributed by atoms with Crippen molar-refractivity contribution in [2.75, 3.05) is 5.73 Å². The van der Waals surface area contributed by atoms with Gasteiger partial charge in [0, 0.05) is 5.69 Å². The summed E-state index contributed by atoms with van der Waals surface area (Å²) in [5, 5.41) is 0. The summed E-state index contributed by atoms with van der Waals surface area (Å²) in [6, 6.07) is 14.2.